The number of amides is 1. The van der Waals surface area contributed by atoms with Crippen LogP contribution in [0.5, 0.6) is 0 Å². The Bertz CT molecular complexity index is 613. The van der Waals surface area contributed by atoms with Crippen molar-refractivity contribution >= 4 is 11.9 Å². The first-order valence-corrected chi connectivity index (χ1v) is 11.0. The summed E-state index contributed by atoms with van der Waals surface area (Å²) in [5.41, 5.74) is 0.994. The molecule has 0 saturated carbocycles. The van der Waals surface area contributed by atoms with E-state index in [9.17, 15) is 4.79 Å². The quantitative estimate of drug-likeness (QED) is 0.354. The average molecular weight is 403 g/mol. The number of hydrogen-bond acceptors (Lipinski definition) is 4. The van der Waals surface area contributed by atoms with Crippen LogP contribution >= 0.6 is 0 Å². The Kier molecular flexibility index (Phi) is 10.5. The van der Waals surface area contributed by atoms with Crippen molar-refractivity contribution < 1.29 is 4.79 Å². The van der Waals surface area contributed by atoms with Crippen molar-refractivity contribution in [1.29, 1.82) is 0 Å². The summed E-state index contributed by atoms with van der Waals surface area (Å²) in [4.78, 5) is 25.4. The maximum Gasteiger partial charge on any atom is 0.244 e. The van der Waals surface area contributed by atoms with E-state index in [1.54, 1.807) is 11.1 Å². The summed E-state index contributed by atoms with van der Waals surface area (Å²) >= 11 is 0. The maximum absolute atomic E-state index is 12.4. The molecule has 0 aromatic carbocycles. The number of piperidine rings is 1. The maximum atomic E-state index is 12.4. The lowest BCUT2D eigenvalue weighted by atomic mass is 9.99. The summed E-state index contributed by atoms with van der Waals surface area (Å²) < 4.78 is 0. The third kappa shape index (κ3) is 9.26. The number of hydrogen-bond donors (Lipinski definition) is 2. The number of aliphatic imine (C=N–C) groups is 1. The molecule has 0 unspecified atom stereocenters. The van der Waals surface area contributed by atoms with Crippen LogP contribution in [0.1, 0.15) is 38.8 Å². The Labute approximate surface area is 176 Å². The van der Waals surface area contributed by atoms with Gasteiger partial charge >= 0.3 is 0 Å². The van der Waals surface area contributed by atoms with E-state index in [0.29, 0.717) is 12.5 Å². The van der Waals surface area contributed by atoms with Gasteiger partial charge in [0.15, 0.2) is 5.96 Å². The second kappa shape index (κ2) is 13.1. The van der Waals surface area contributed by atoms with Gasteiger partial charge in [0.05, 0.1) is 0 Å². The van der Waals surface area contributed by atoms with Crippen molar-refractivity contribution in [2.45, 2.75) is 39.5 Å². The number of carbonyl (C=O) groups excluding carboxylic acids is 1. The lowest BCUT2D eigenvalue weighted by Crippen LogP contribution is -2.40. The fourth-order valence-corrected chi connectivity index (χ4v) is 3.36. The average Bonchev–Trinajstić information content (AvgIpc) is 2.75. The van der Waals surface area contributed by atoms with Gasteiger partial charge in [0.25, 0.3) is 0 Å². The summed E-state index contributed by atoms with van der Waals surface area (Å²) in [7, 11) is 1.82. The molecule has 2 rings (SSSR count). The Hall–Kier alpha value is -2.15. The van der Waals surface area contributed by atoms with Crippen LogP contribution in [0.25, 0.3) is 0 Å². The molecule has 0 atom stereocenters. The van der Waals surface area contributed by atoms with Crippen LogP contribution in [-0.2, 0) is 11.2 Å². The zero-order valence-corrected chi connectivity index (χ0v) is 18.4. The predicted octanol–water partition coefficient (Wildman–Crippen LogP) is 1.76. The molecule has 1 aliphatic heterocycles. The van der Waals surface area contributed by atoms with Gasteiger partial charge in [-0.3, -0.25) is 9.78 Å². The molecule has 29 heavy (non-hydrogen) atoms. The Balaban J connectivity index is 1.67. The summed E-state index contributed by atoms with van der Waals surface area (Å²) in [6.45, 7) is 10.4. The molecule has 1 aromatic heterocycles. The van der Waals surface area contributed by atoms with Crippen LogP contribution in [0.3, 0.4) is 0 Å². The van der Waals surface area contributed by atoms with Gasteiger partial charge in [0.1, 0.15) is 6.54 Å². The van der Waals surface area contributed by atoms with Crippen molar-refractivity contribution in [2.75, 3.05) is 52.9 Å². The SMILES string of the molecule is CCNC(=NCC(=O)N(C)CCc1ccccn1)NCCCN1CCC(C)CC1. The first kappa shape index (κ1) is 23.1. The largest absolute Gasteiger partial charge is 0.357 e. The standard InChI is InChI=1S/C22H38N6O/c1-4-23-22(25-13-7-14-28-16-9-19(2)10-17-28)26-18-21(29)27(3)15-11-20-8-5-6-12-24-20/h5-6,8,12,19H,4,7,9-11,13-18H2,1-3H3,(H2,23,25,26). The smallest absolute Gasteiger partial charge is 0.244 e. The number of rotatable bonds is 10. The summed E-state index contributed by atoms with van der Waals surface area (Å²) in [6, 6.07) is 5.85. The molecule has 1 aliphatic rings. The molecule has 2 N–H and O–H groups in total. The van der Waals surface area contributed by atoms with Gasteiger partial charge in [-0.05, 0) is 63.9 Å². The van der Waals surface area contributed by atoms with Gasteiger partial charge in [0.2, 0.25) is 5.91 Å². The van der Waals surface area contributed by atoms with E-state index >= 15 is 0 Å². The molecule has 0 aliphatic carbocycles. The normalized spacial score (nSPS) is 15.9. The van der Waals surface area contributed by atoms with Crippen molar-refractivity contribution in [2.24, 2.45) is 10.9 Å². The van der Waals surface area contributed by atoms with Crippen LogP contribution in [0.4, 0.5) is 0 Å². The van der Waals surface area contributed by atoms with E-state index < -0.39 is 0 Å². The van der Waals surface area contributed by atoms with E-state index in [4.69, 9.17) is 0 Å². The fourth-order valence-electron chi connectivity index (χ4n) is 3.36. The topological polar surface area (TPSA) is 72.9 Å². The third-order valence-corrected chi connectivity index (χ3v) is 5.39. The highest BCUT2D eigenvalue weighted by atomic mass is 16.2. The molecule has 1 aromatic rings. The van der Waals surface area contributed by atoms with E-state index in [1.165, 1.54) is 25.9 Å². The number of carbonyl (C=O) groups is 1. The molecule has 7 nitrogen and oxygen atoms in total. The van der Waals surface area contributed by atoms with Gasteiger partial charge in [-0.15, -0.1) is 0 Å². The Morgan fingerprint density at radius 1 is 1.31 bits per heavy atom. The molecular weight excluding hydrogens is 364 g/mol. The molecule has 7 heteroatoms. The second-order valence-corrected chi connectivity index (χ2v) is 7.89. The molecule has 0 bridgehead atoms. The zero-order chi connectivity index (χ0) is 20.9. The highest BCUT2D eigenvalue weighted by molar-refractivity contribution is 5.84. The van der Waals surface area contributed by atoms with Crippen LogP contribution in [-0.4, -0.2) is 79.5 Å². The molecule has 1 fully saturated rings. The van der Waals surface area contributed by atoms with Crippen molar-refractivity contribution in [3.8, 4) is 0 Å². The molecular formula is C22H38N6O. The zero-order valence-electron chi connectivity index (χ0n) is 18.4. The van der Waals surface area contributed by atoms with Crippen LogP contribution in [0.2, 0.25) is 0 Å². The number of aromatic nitrogens is 1. The minimum atomic E-state index is 0.0144. The van der Waals surface area contributed by atoms with Gasteiger partial charge in [-0.25, -0.2) is 4.99 Å². The predicted molar refractivity (Wildman–Crippen MR) is 119 cm³/mol. The van der Waals surface area contributed by atoms with Gasteiger partial charge in [-0.2, -0.15) is 0 Å². The summed E-state index contributed by atoms with van der Waals surface area (Å²) in [5.74, 6) is 1.60. The number of nitrogens with zero attached hydrogens (tertiary/aromatic N) is 4. The third-order valence-electron chi connectivity index (χ3n) is 5.39. The Morgan fingerprint density at radius 3 is 2.79 bits per heavy atom. The minimum absolute atomic E-state index is 0.0144. The van der Waals surface area contributed by atoms with E-state index in [1.807, 2.05) is 32.2 Å². The number of likely N-dealkylation sites (N-methyl/N-ethyl adjacent to an activating group) is 1. The van der Waals surface area contributed by atoms with Crippen molar-refractivity contribution in [1.82, 2.24) is 25.4 Å². The lowest BCUT2D eigenvalue weighted by molar-refractivity contribution is -0.128. The first-order valence-electron chi connectivity index (χ1n) is 11.0. The molecule has 0 spiro atoms. The van der Waals surface area contributed by atoms with Crippen LogP contribution < -0.4 is 10.6 Å². The number of pyridine rings is 1. The lowest BCUT2D eigenvalue weighted by Gasteiger charge is -2.30. The van der Waals surface area contributed by atoms with Crippen LogP contribution in [0.15, 0.2) is 29.4 Å². The van der Waals surface area contributed by atoms with Crippen LogP contribution in [0, 0.1) is 5.92 Å². The Morgan fingerprint density at radius 2 is 2.10 bits per heavy atom. The van der Waals surface area contributed by atoms with E-state index in [0.717, 1.165) is 44.1 Å². The van der Waals surface area contributed by atoms with Gasteiger partial charge in [-0.1, -0.05) is 13.0 Å². The summed E-state index contributed by atoms with van der Waals surface area (Å²) in [6.07, 6.45) is 6.24. The summed E-state index contributed by atoms with van der Waals surface area (Å²) in [5, 5.41) is 6.58. The number of likely N-dealkylation sites (tertiary alicyclic amines) is 1. The molecule has 0 radical (unpaired) electrons. The second-order valence-electron chi connectivity index (χ2n) is 7.89. The highest BCUT2D eigenvalue weighted by Crippen LogP contribution is 2.15. The minimum Gasteiger partial charge on any atom is -0.357 e. The van der Waals surface area contributed by atoms with Crippen molar-refractivity contribution in [3.05, 3.63) is 30.1 Å². The fraction of sp³-hybridized carbons (Fsp3) is 0.682. The van der Waals surface area contributed by atoms with Crippen molar-refractivity contribution in [3.63, 3.8) is 0 Å². The van der Waals surface area contributed by atoms with E-state index in [2.05, 4.69) is 32.4 Å². The molecule has 2 heterocycles. The number of nitrogens with one attached hydrogen (secondary N) is 2. The monoisotopic (exact) mass is 402 g/mol. The molecule has 162 valence electrons. The number of guanidine groups is 1. The molecule has 1 amide bonds. The highest BCUT2D eigenvalue weighted by Gasteiger charge is 2.15. The first-order chi connectivity index (χ1) is 14.1. The molecule has 1 saturated heterocycles. The van der Waals surface area contributed by atoms with Gasteiger partial charge in [0, 0.05) is 45.0 Å². The van der Waals surface area contributed by atoms with E-state index in [-0.39, 0.29) is 12.5 Å². The van der Waals surface area contributed by atoms with Gasteiger partial charge < -0.3 is 20.4 Å².